The number of hydrogen-bond donors (Lipinski definition) is 0. The molecule has 3 nitrogen and oxygen atoms in total. The lowest BCUT2D eigenvalue weighted by molar-refractivity contribution is 0.225. The van der Waals surface area contributed by atoms with Crippen LogP contribution in [-0.2, 0) is 6.42 Å². The van der Waals surface area contributed by atoms with Gasteiger partial charge in [0.1, 0.15) is 0 Å². The maximum absolute atomic E-state index is 4.82. The van der Waals surface area contributed by atoms with Crippen LogP contribution in [-0.4, -0.2) is 42.1 Å². The van der Waals surface area contributed by atoms with Crippen LogP contribution in [0.2, 0.25) is 0 Å². The molecule has 128 valence electrons. The number of para-hydroxylation sites is 1. The van der Waals surface area contributed by atoms with Crippen LogP contribution in [0, 0.1) is 0 Å². The Morgan fingerprint density at radius 1 is 1.00 bits per heavy atom. The van der Waals surface area contributed by atoms with E-state index >= 15 is 0 Å². The molecule has 1 atom stereocenters. The van der Waals surface area contributed by atoms with Gasteiger partial charge in [0, 0.05) is 35.9 Å². The summed E-state index contributed by atoms with van der Waals surface area (Å²) in [5.41, 5.74) is 3.76. The number of nitrogens with zero attached hydrogens (tertiary/aromatic N) is 3. The van der Waals surface area contributed by atoms with Crippen LogP contribution in [0.15, 0.2) is 30.3 Å². The second-order valence-electron chi connectivity index (χ2n) is 7.32. The molecule has 0 spiro atoms. The summed E-state index contributed by atoms with van der Waals surface area (Å²) in [7, 11) is 0. The van der Waals surface area contributed by atoms with E-state index < -0.39 is 0 Å². The lowest BCUT2D eigenvalue weighted by atomic mass is 10.1. The van der Waals surface area contributed by atoms with Gasteiger partial charge in [-0.15, -0.1) is 0 Å². The summed E-state index contributed by atoms with van der Waals surface area (Å²) in [5, 5.41) is 1.31. The van der Waals surface area contributed by atoms with Crippen molar-refractivity contribution in [2.45, 2.75) is 51.5 Å². The van der Waals surface area contributed by atoms with E-state index in [-0.39, 0.29) is 0 Å². The second-order valence-corrected chi connectivity index (χ2v) is 7.32. The van der Waals surface area contributed by atoms with E-state index in [1.165, 1.54) is 75.1 Å². The summed E-state index contributed by atoms with van der Waals surface area (Å²) in [6.07, 6.45) is 7.77. The van der Waals surface area contributed by atoms with Crippen molar-refractivity contribution in [3.63, 3.8) is 0 Å². The Morgan fingerprint density at radius 3 is 2.67 bits per heavy atom. The highest BCUT2D eigenvalue weighted by Gasteiger charge is 2.25. The molecule has 2 saturated heterocycles. The Balaban J connectivity index is 1.60. The van der Waals surface area contributed by atoms with E-state index in [0.717, 1.165) is 18.0 Å². The van der Waals surface area contributed by atoms with Crippen molar-refractivity contribution < 1.29 is 0 Å². The van der Waals surface area contributed by atoms with Crippen molar-refractivity contribution in [2.75, 3.05) is 31.1 Å². The van der Waals surface area contributed by atoms with E-state index in [4.69, 9.17) is 4.98 Å². The first kappa shape index (κ1) is 15.9. The lowest BCUT2D eigenvalue weighted by Gasteiger charge is -2.27. The van der Waals surface area contributed by atoms with Gasteiger partial charge in [0.15, 0.2) is 0 Å². The Hall–Kier alpha value is -1.61. The molecule has 2 aromatic rings. The normalized spacial score (nSPS) is 22.9. The lowest BCUT2D eigenvalue weighted by Crippen LogP contribution is -2.33. The van der Waals surface area contributed by atoms with Crippen molar-refractivity contribution in [1.82, 2.24) is 9.88 Å². The first-order chi connectivity index (χ1) is 11.8. The highest BCUT2D eigenvalue weighted by molar-refractivity contribution is 5.92. The Bertz CT molecular complexity index is 691. The molecule has 2 fully saturated rings. The number of aromatic nitrogens is 1. The Labute approximate surface area is 145 Å². The van der Waals surface area contributed by atoms with Gasteiger partial charge in [0.25, 0.3) is 0 Å². The Morgan fingerprint density at radius 2 is 1.83 bits per heavy atom. The molecule has 2 aliphatic rings. The largest absolute Gasteiger partial charge is 0.371 e. The van der Waals surface area contributed by atoms with Gasteiger partial charge in [-0.2, -0.15) is 0 Å². The molecule has 0 aliphatic carbocycles. The van der Waals surface area contributed by atoms with Gasteiger partial charge in [-0.1, -0.05) is 25.1 Å². The van der Waals surface area contributed by atoms with Crippen molar-refractivity contribution in [2.24, 2.45) is 0 Å². The van der Waals surface area contributed by atoms with Crippen LogP contribution >= 0.6 is 0 Å². The average Bonchev–Trinajstić information content (AvgIpc) is 3.05. The van der Waals surface area contributed by atoms with Crippen LogP contribution in [0.1, 0.15) is 44.7 Å². The zero-order chi connectivity index (χ0) is 16.4. The summed E-state index contributed by atoms with van der Waals surface area (Å²) >= 11 is 0. The zero-order valence-corrected chi connectivity index (χ0v) is 14.9. The Kier molecular flexibility index (Phi) is 4.70. The van der Waals surface area contributed by atoms with Crippen molar-refractivity contribution in [1.29, 1.82) is 0 Å². The number of rotatable bonds is 3. The maximum atomic E-state index is 4.82. The van der Waals surface area contributed by atoms with E-state index in [2.05, 4.69) is 47.1 Å². The number of anilines is 1. The smallest absolute Gasteiger partial charge is 0.0726 e. The fraction of sp³-hybridized carbons (Fsp3) is 0.571. The molecule has 4 rings (SSSR count). The van der Waals surface area contributed by atoms with E-state index in [0.29, 0.717) is 0 Å². The molecule has 1 aromatic heterocycles. The quantitative estimate of drug-likeness (QED) is 0.841. The van der Waals surface area contributed by atoms with Gasteiger partial charge >= 0.3 is 0 Å². The minimum atomic E-state index is 0.802. The maximum Gasteiger partial charge on any atom is 0.0726 e. The van der Waals surface area contributed by atoms with Gasteiger partial charge < -0.3 is 9.80 Å². The van der Waals surface area contributed by atoms with E-state index in [9.17, 15) is 0 Å². The topological polar surface area (TPSA) is 19.4 Å². The molecule has 0 radical (unpaired) electrons. The van der Waals surface area contributed by atoms with Crippen LogP contribution in [0.3, 0.4) is 0 Å². The molecule has 3 heterocycles. The second kappa shape index (κ2) is 7.10. The molecule has 2 aliphatic heterocycles. The average molecular weight is 323 g/mol. The highest BCUT2D eigenvalue weighted by Crippen LogP contribution is 2.30. The third-order valence-corrected chi connectivity index (χ3v) is 5.80. The third-order valence-electron chi connectivity index (χ3n) is 5.80. The summed E-state index contributed by atoms with van der Waals surface area (Å²) in [5.74, 6) is 0. The number of hydrogen-bond acceptors (Lipinski definition) is 3. The van der Waals surface area contributed by atoms with Gasteiger partial charge in [-0.3, -0.25) is 4.98 Å². The predicted molar refractivity (Wildman–Crippen MR) is 102 cm³/mol. The third kappa shape index (κ3) is 3.14. The van der Waals surface area contributed by atoms with Crippen molar-refractivity contribution in [3.8, 4) is 0 Å². The molecule has 0 saturated carbocycles. The molecule has 0 bridgehead atoms. The van der Waals surface area contributed by atoms with Crippen LogP contribution < -0.4 is 4.90 Å². The van der Waals surface area contributed by atoms with Gasteiger partial charge in [-0.25, -0.2) is 0 Å². The van der Waals surface area contributed by atoms with Crippen LogP contribution in [0.5, 0.6) is 0 Å². The number of pyridine rings is 1. The summed E-state index contributed by atoms with van der Waals surface area (Å²) < 4.78 is 0. The van der Waals surface area contributed by atoms with Crippen molar-refractivity contribution >= 4 is 16.6 Å². The predicted octanol–water partition coefficient (Wildman–Crippen LogP) is 4.25. The zero-order valence-electron chi connectivity index (χ0n) is 14.9. The summed E-state index contributed by atoms with van der Waals surface area (Å²) in [6, 6.07) is 11.8. The standard InChI is InChI=1S/C21H29N3/c1-2-17-16-21(19-9-3-4-10-20(19)22-17)24-14-7-8-18(11-15-24)23-12-5-6-13-23/h3-4,9-10,16,18H,2,5-8,11-15H2,1H3. The molecule has 1 aromatic carbocycles. The molecule has 0 amide bonds. The SMILES string of the molecule is CCc1cc(N2CCCC(N3CCCC3)CC2)c2ccccc2n1. The monoisotopic (exact) mass is 323 g/mol. The van der Waals surface area contributed by atoms with Gasteiger partial charge in [0.05, 0.1) is 5.52 Å². The number of benzene rings is 1. The van der Waals surface area contributed by atoms with Crippen molar-refractivity contribution in [3.05, 3.63) is 36.0 Å². The van der Waals surface area contributed by atoms with Crippen LogP contribution in [0.4, 0.5) is 5.69 Å². The molecule has 1 unspecified atom stereocenters. The number of fused-ring (bicyclic) bond motifs is 1. The summed E-state index contributed by atoms with van der Waals surface area (Å²) in [4.78, 5) is 10.2. The first-order valence-electron chi connectivity index (χ1n) is 9.73. The highest BCUT2D eigenvalue weighted by atomic mass is 15.2. The minimum Gasteiger partial charge on any atom is -0.371 e. The fourth-order valence-electron chi connectivity index (χ4n) is 4.44. The molecular weight excluding hydrogens is 294 g/mol. The van der Waals surface area contributed by atoms with E-state index in [1.807, 2.05) is 0 Å². The molecule has 24 heavy (non-hydrogen) atoms. The van der Waals surface area contributed by atoms with E-state index in [1.54, 1.807) is 0 Å². The molecular formula is C21H29N3. The number of aryl methyl sites for hydroxylation is 1. The first-order valence-corrected chi connectivity index (χ1v) is 9.73. The molecule has 3 heteroatoms. The van der Waals surface area contributed by atoms with Gasteiger partial charge in [-0.05, 0) is 63.7 Å². The van der Waals surface area contributed by atoms with Gasteiger partial charge in [0.2, 0.25) is 0 Å². The minimum absolute atomic E-state index is 0.802. The fourth-order valence-corrected chi connectivity index (χ4v) is 4.44. The molecule has 0 N–H and O–H groups in total. The van der Waals surface area contributed by atoms with Crippen LogP contribution in [0.25, 0.3) is 10.9 Å². The summed E-state index contributed by atoms with van der Waals surface area (Å²) in [6.45, 7) is 7.21. The number of likely N-dealkylation sites (tertiary alicyclic amines) is 1.